The molecule has 2 aliphatic rings. The first-order valence-electron chi connectivity index (χ1n) is 5.90. The summed E-state index contributed by atoms with van der Waals surface area (Å²) in [7, 11) is 0. The van der Waals surface area contributed by atoms with Crippen LogP contribution in [0.2, 0.25) is 0 Å². The first kappa shape index (κ1) is 11.4. The van der Waals surface area contributed by atoms with Gasteiger partial charge in [0, 0.05) is 0 Å². The van der Waals surface area contributed by atoms with Crippen molar-refractivity contribution in [2.45, 2.75) is 64.0 Å². The van der Waals surface area contributed by atoms with E-state index in [9.17, 15) is 9.59 Å². The first-order chi connectivity index (χ1) is 7.34. The zero-order valence-corrected chi connectivity index (χ0v) is 10.2. The Morgan fingerprint density at radius 3 is 2.31 bits per heavy atom. The molecule has 1 spiro atoms. The van der Waals surface area contributed by atoms with Gasteiger partial charge in [0.15, 0.2) is 0 Å². The van der Waals surface area contributed by atoms with Gasteiger partial charge in [0.2, 0.25) is 5.91 Å². The van der Waals surface area contributed by atoms with Gasteiger partial charge in [-0.05, 0) is 33.6 Å². The molecule has 90 valence electrons. The molecule has 2 rings (SSSR count). The average molecular weight is 225 g/mol. The molecular weight excluding hydrogens is 206 g/mol. The lowest BCUT2D eigenvalue weighted by Gasteiger charge is -2.48. The second kappa shape index (κ2) is 3.47. The molecule has 16 heavy (non-hydrogen) atoms. The number of carbonyl (C=O) groups excluding carboxylic acids is 2. The molecule has 1 saturated carbocycles. The number of amides is 2. The van der Waals surface area contributed by atoms with Gasteiger partial charge >= 0.3 is 6.09 Å². The van der Waals surface area contributed by atoms with Gasteiger partial charge < -0.3 is 4.74 Å². The van der Waals surface area contributed by atoms with Crippen molar-refractivity contribution in [3.05, 3.63) is 0 Å². The van der Waals surface area contributed by atoms with Crippen LogP contribution in [0.3, 0.4) is 0 Å². The third-order valence-corrected chi connectivity index (χ3v) is 3.31. The lowest BCUT2D eigenvalue weighted by atomic mass is 9.83. The third kappa shape index (κ3) is 1.81. The lowest BCUT2D eigenvalue weighted by molar-refractivity contribution is -0.153. The van der Waals surface area contributed by atoms with Gasteiger partial charge in [-0.25, -0.2) is 9.69 Å². The highest BCUT2D eigenvalue weighted by molar-refractivity contribution is 5.99. The molecule has 0 N–H and O–H groups in total. The summed E-state index contributed by atoms with van der Waals surface area (Å²) < 4.78 is 5.26. The maximum atomic E-state index is 11.9. The Hall–Kier alpha value is -1.06. The van der Waals surface area contributed by atoms with Crippen molar-refractivity contribution in [2.24, 2.45) is 0 Å². The minimum absolute atomic E-state index is 0.0869. The van der Waals surface area contributed by atoms with Crippen LogP contribution in [-0.2, 0) is 9.53 Å². The topological polar surface area (TPSA) is 46.6 Å². The molecule has 1 saturated heterocycles. The minimum atomic E-state index is -0.535. The largest absolute Gasteiger partial charge is 0.443 e. The van der Waals surface area contributed by atoms with Crippen LogP contribution in [0.15, 0.2) is 0 Å². The smallest absolute Gasteiger partial charge is 0.417 e. The number of β-lactam (4-membered cyclic amide) rings is 1. The predicted octanol–water partition coefficient (Wildman–Crippen LogP) is 2.47. The fourth-order valence-electron chi connectivity index (χ4n) is 2.65. The number of rotatable bonds is 0. The number of hydrogen-bond donors (Lipinski definition) is 0. The molecule has 2 amide bonds. The molecule has 2 fully saturated rings. The quantitative estimate of drug-likeness (QED) is 0.595. The van der Waals surface area contributed by atoms with Crippen LogP contribution in [-0.4, -0.2) is 28.0 Å². The standard InChI is InChI=1S/C12H19NO3/c1-11(2,3)16-10(15)13-9(14)8-12(13)6-4-5-7-12/h4-8H2,1-3H3. The minimum Gasteiger partial charge on any atom is -0.443 e. The molecule has 4 heteroatoms. The molecule has 0 bridgehead atoms. The summed E-state index contributed by atoms with van der Waals surface area (Å²) >= 11 is 0. The highest BCUT2D eigenvalue weighted by Gasteiger charge is 2.56. The Bertz CT molecular complexity index is 324. The summed E-state index contributed by atoms with van der Waals surface area (Å²) in [5.41, 5.74) is -0.730. The molecule has 1 aliphatic carbocycles. The average Bonchev–Trinajstić information content (AvgIpc) is 2.49. The van der Waals surface area contributed by atoms with E-state index in [-0.39, 0.29) is 11.4 Å². The fraction of sp³-hybridized carbons (Fsp3) is 0.833. The number of carbonyl (C=O) groups is 2. The van der Waals surface area contributed by atoms with Gasteiger partial charge in [-0.15, -0.1) is 0 Å². The van der Waals surface area contributed by atoms with Crippen molar-refractivity contribution in [1.82, 2.24) is 4.90 Å². The van der Waals surface area contributed by atoms with E-state index in [0.717, 1.165) is 25.7 Å². The van der Waals surface area contributed by atoms with Crippen molar-refractivity contribution >= 4 is 12.0 Å². The van der Waals surface area contributed by atoms with E-state index < -0.39 is 11.7 Å². The molecule has 0 unspecified atom stereocenters. The second-order valence-corrected chi connectivity index (χ2v) is 5.82. The zero-order chi connectivity index (χ0) is 12.0. The maximum absolute atomic E-state index is 11.9. The molecular formula is C12H19NO3. The van der Waals surface area contributed by atoms with E-state index in [0.29, 0.717) is 6.42 Å². The van der Waals surface area contributed by atoms with Crippen molar-refractivity contribution in [3.8, 4) is 0 Å². The summed E-state index contributed by atoms with van der Waals surface area (Å²) in [6.07, 6.45) is 4.15. The molecule has 0 aromatic rings. The molecule has 0 aromatic heterocycles. The van der Waals surface area contributed by atoms with Crippen LogP contribution in [0.5, 0.6) is 0 Å². The number of hydrogen-bond acceptors (Lipinski definition) is 3. The first-order valence-corrected chi connectivity index (χ1v) is 5.90. The van der Waals surface area contributed by atoms with Crippen LogP contribution in [0, 0.1) is 0 Å². The monoisotopic (exact) mass is 225 g/mol. The van der Waals surface area contributed by atoms with Crippen LogP contribution in [0.4, 0.5) is 4.79 Å². The molecule has 0 aromatic carbocycles. The Balaban J connectivity index is 2.07. The van der Waals surface area contributed by atoms with Gasteiger partial charge in [0.1, 0.15) is 5.60 Å². The summed E-state index contributed by atoms with van der Waals surface area (Å²) in [5, 5.41) is 0. The molecule has 1 aliphatic heterocycles. The van der Waals surface area contributed by atoms with Gasteiger partial charge in [0.25, 0.3) is 0 Å². The SMILES string of the molecule is CC(C)(C)OC(=O)N1C(=O)CC12CCCC2. The lowest BCUT2D eigenvalue weighted by Crippen LogP contribution is -2.65. The van der Waals surface area contributed by atoms with E-state index in [4.69, 9.17) is 4.74 Å². The van der Waals surface area contributed by atoms with Gasteiger partial charge in [-0.2, -0.15) is 0 Å². The fourth-order valence-corrected chi connectivity index (χ4v) is 2.65. The third-order valence-electron chi connectivity index (χ3n) is 3.31. The number of likely N-dealkylation sites (tertiary alicyclic amines) is 1. The van der Waals surface area contributed by atoms with E-state index in [1.165, 1.54) is 4.90 Å². The molecule has 0 atom stereocenters. The van der Waals surface area contributed by atoms with Crippen molar-refractivity contribution in [1.29, 1.82) is 0 Å². The molecule has 0 radical (unpaired) electrons. The summed E-state index contributed by atoms with van der Waals surface area (Å²) in [6, 6.07) is 0. The van der Waals surface area contributed by atoms with Crippen LogP contribution >= 0.6 is 0 Å². The van der Waals surface area contributed by atoms with Gasteiger partial charge in [0.05, 0.1) is 12.0 Å². The van der Waals surface area contributed by atoms with E-state index in [1.807, 2.05) is 20.8 Å². The van der Waals surface area contributed by atoms with Crippen molar-refractivity contribution < 1.29 is 14.3 Å². The number of imide groups is 1. The van der Waals surface area contributed by atoms with Crippen LogP contribution in [0.1, 0.15) is 52.9 Å². The summed E-state index contributed by atoms with van der Waals surface area (Å²) in [4.78, 5) is 24.8. The Labute approximate surface area is 95.9 Å². The maximum Gasteiger partial charge on any atom is 0.417 e. The predicted molar refractivity (Wildman–Crippen MR) is 58.9 cm³/mol. The highest BCUT2D eigenvalue weighted by Crippen LogP contribution is 2.45. The highest BCUT2D eigenvalue weighted by atomic mass is 16.6. The van der Waals surface area contributed by atoms with E-state index in [1.54, 1.807) is 0 Å². The van der Waals surface area contributed by atoms with Crippen LogP contribution in [0.25, 0.3) is 0 Å². The number of nitrogens with zero attached hydrogens (tertiary/aromatic N) is 1. The number of ether oxygens (including phenoxy) is 1. The Kier molecular flexibility index (Phi) is 2.48. The summed E-state index contributed by atoms with van der Waals surface area (Å²) in [5.74, 6) is -0.0869. The van der Waals surface area contributed by atoms with Crippen LogP contribution < -0.4 is 0 Å². The van der Waals surface area contributed by atoms with Crippen molar-refractivity contribution in [2.75, 3.05) is 0 Å². The Morgan fingerprint density at radius 2 is 1.88 bits per heavy atom. The molecule has 1 heterocycles. The Morgan fingerprint density at radius 1 is 1.31 bits per heavy atom. The second-order valence-electron chi connectivity index (χ2n) is 5.82. The van der Waals surface area contributed by atoms with E-state index >= 15 is 0 Å². The summed E-state index contributed by atoms with van der Waals surface area (Å²) in [6.45, 7) is 5.45. The van der Waals surface area contributed by atoms with Crippen molar-refractivity contribution in [3.63, 3.8) is 0 Å². The molecule has 4 nitrogen and oxygen atoms in total. The van der Waals surface area contributed by atoms with Gasteiger partial charge in [-0.1, -0.05) is 12.8 Å². The van der Waals surface area contributed by atoms with Gasteiger partial charge in [-0.3, -0.25) is 4.79 Å². The normalized spacial score (nSPS) is 23.4. The zero-order valence-electron chi connectivity index (χ0n) is 10.2. The van der Waals surface area contributed by atoms with E-state index in [2.05, 4.69) is 0 Å².